The van der Waals surface area contributed by atoms with Crippen LogP contribution < -0.4 is 10.6 Å². The molecule has 5 nitrogen and oxygen atoms in total. The largest absolute Gasteiger partial charge is 0.481 e. The molecule has 82 valence electrons. The van der Waals surface area contributed by atoms with E-state index in [-0.39, 0.29) is 12.0 Å². The topological polar surface area (TPSA) is 74.5 Å². The molecule has 1 aromatic heterocycles. The van der Waals surface area contributed by atoms with E-state index in [9.17, 15) is 4.79 Å². The molecule has 1 aromatic rings. The molecule has 0 bridgehead atoms. The minimum absolute atomic E-state index is 0.151. The lowest BCUT2D eigenvalue weighted by Crippen LogP contribution is -2.68. The molecule has 0 unspecified atom stereocenters. The van der Waals surface area contributed by atoms with E-state index < -0.39 is 5.97 Å². The van der Waals surface area contributed by atoms with E-state index in [4.69, 9.17) is 9.52 Å². The number of rotatable bonds is 5. The van der Waals surface area contributed by atoms with Crippen molar-refractivity contribution >= 4 is 5.97 Å². The van der Waals surface area contributed by atoms with Crippen molar-refractivity contribution in [1.82, 2.24) is 10.6 Å². The molecule has 1 aliphatic rings. The van der Waals surface area contributed by atoms with E-state index in [2.05, 4.69) is 10.6 Å². The third kappa shape index (κ3) is 2.37. The molecule has 0 spiro atoms. The van der Waals surface area contributed by atoms with Crippen molar-refractivity contribution in [3.8, 4) is 0 Å². The van der Waals surface area contributed by atoms with Gasteiger partial charge in [-0.2, -0.15) is 0 Å². The number of hydrogen-bond acceptors (Lipinski definition) is 4. The van der Waals surface area contributed by atoms with E-state index in [1.54, 1.807) is 12.5 Å². The third-order valence-electron chi connectivity index (χ3n) is 2.66. The van der Waals surface area contributed by atoms with Crippen LogP contribution in [0.5, 0.6) is 0 Å². The molecule has 3 N–H and O–H groups in total. The van der Waals surface area contributed by atoms with Gasteiger partial charge in [0.05, 0.1) is 24.5 Å². The predicted molar refractivity (Wildman–Crippen MR) is 53.4 cm³/mol. The van der Waals surface area contributed by atoms with Gasteiger partial charge >= 0.3 is 5.97 Å². The third-order valence-corrected chi connectivity index (χ3v) is 2.66. The highest BCUT2D eigenvalue weighted by molar-refractivity contribution is 5.68. The van der Waals surface area contributed by atoms with E-state index in [1.165, 1.54) is 0 Å². The number of nitrogens with one attached hydrogen (secondary N) is 2. The lowest BCUT2D eigenvalue weighted by atomic mass is 9.88. The number of hydrogen-bond donors (Lipinski definition) is 3. The molecular formula is C10H14N2O3. The van der Waals surface area contributed by atoms with E-state index in [1.807, 2.05) is 6.07 Å². The quantitative estimate of drug-likeness (QED) is 0.646. The van der Waals surface area contributed by atoms with Gasteiger partial charge in [-0.25, -0.2) is 0 Å². The molecular weight excluding hydrogens is 196 g/mol. The molecule has 2 heterocycles. The first-order chi connectivity index (χ1) is 7.20. The number of carboxylic acids is 1. The Kier molecular flexibility index (Phi) is 2.75. The highest BCUT2D eigenvalue weighted by Gasteiger charge is 2.38. The van der Waals surface area contributed by atoms with Crippen LogP contribution in [0.4, 0.5) is 0 Å². The van der Waals surface area contributed by atoms with Gasteiger partial charge in [0.15, 0.2) is 0 Å². The van der Waals surface area contributed by atoms with Gasteiger partial charge in [-0.15, -0.1) is 0 Å². The van der Waals surface area contributed by atoms with Gasteiger partial charge in [-0.1, -0.05) is 0 Å². The van der Waals surface area contributed by atoms with Crippen LogP contribution in [0, 0.1) is 0 Å². The van der Waals surface area contributed by atoms with Crippen LogP contribution in [-0.4, -0.2) is 29.7 Å². The highest BCUT2D eigenvalue weighted by atomic mass is 16.4. The maximum absolute atomic E-state index is 10.7. The summed E-state index contributed by atoms with van der Waals surface area (Å²) < 4.78 is 4.94. The number of furan rings is 1. The molecule has 0 atom stereocenters. The van der Waals surface area contributed by atoms with Crippen molar-refractivity contribution in [2.75, 3.05) is 13.1 Å². The van der Waals surface area contributed by atoms with Crippen LogP contribution in [-0.2, 0) is 11.3 Å². The average molecular weight is 210 g/mol. The molecule has 2 rings (SSSR count). The fourth-order valence-corrected chi connectivity index (χ4v) is 1.71. The van der Waals surface area contributed by atoms with Crippen molar-refractivity contribution < 1.29 is 14.3 Å². The Morgan fingerprint density at radius 3 is 2.93 bits per heavy atom. The summed E-state index contributed by atoms with van der Waals surface area (Å²) in [7, 11) is 0. The smallest absolute Gasteiger partial charge is 0.305 e. The second-order valence-electron chi connectivity index (χ2n) is 3.94. The molecule has 1 fully saturated rings. The average Bonchev–Trinajstić information content (AvgIpc) is 2.61. The van der Waals surface area contributed by atoms with Gasteiger partial charge in [-0.3, -0.25) is 4.79 Å². The fraction of sp³-hybridized carbons (Fsp3) is 0.500. The Bertz CT molecular complexity index is 330. The number of carbonyl (C=O) groups is 1. The number of aliphatic carboxylic acids is 1. The van der Waals surface area contributed by atoms with Crippen molar-refractivity contribution in [2.24, 2.45) is 0 Å². The Morgan fingerprint density at radius 1 is 1.67 bits per heavy atom. The molecule has 0 radical (unpaired) electrons. The van der Waals surface area contributed by atoms with Crippen molar-refractivity contribution in [1.29, 1.82) is 0 Å². The second-order valence-corrected chi connectivity index (χ2v) is 3.94. The zero-order chi connectivity index (χ0) is 10.7. The maximum Gasteiger partial charge on any atom is 0.305 e. The first-order valence-electron chi connectivity index (χ1n) is 4.89. The molecule has 0 aliphatic carbocycles. The zero-order valence-corrected chi connectivity index (χ0v) is 8.32. The van der Waals surface area contributed by atoms with Crippen LogP contribution in [0.3, 0.4) is 0 Å². The van der Waals surface area contributed by atoms with Crippen LogP contribution in [0.1, 0.15) is 12.0 Å². The van der Waals surface area contributed by atoms with Gasteiger partial charge in [0.1, 0.15) is 0 Å². The molecule has 0 amide bonds. The van der Waals surface area contributed by atoms with Gasteiger partial charge in [0.2, 0.25) is 0 Å². The van der Waals surface area contributed by atoms with Gasteiger partial charge in [0.25, 0.3) is 0 Å². The van der Waals surface area contributed by atoms with Crippen LogP contribution in [0.25, 0.3) is 0 Å². The van der Waals surface area contributed by atoms with Crippen molar-refractivity contribution in [3.05, 3.63) is 24.2 Å². The summed E-state index contributed by atoms with van der Waals surface area (Å²) in [6.07, 6.45) is 3.42. The first-order valence-corrected chi connectivity index (χ1v) is 4.89. The van der Waals surface area contributed by atoms with Crippen LogP contribution in [0.15, 0.2) is 23.0 Å². The molecule has 0 saturated carbocycles. The summed E-state index contributed by atoms with van der Waals surface area (Å²) in [6, 6.07) is 1.87. The molecule has 1 saturated heterocycles. The zero-order valence-electron chi connectivity index (χ0n) is 8.32. The lowest BCUT2D eigenvalue weighted by Gasteiger charge is -2.42. The molecule has 15 heavy (non-hydrogen) atoms. The Hall–Kier alpha value is -1.33. The van der Waals surface area contributed by atoms with Gasteiger partial charge in [0, 0.05) is 25.2 Å². The Morgan fingerprint density at radius 2 is 2.47 bits per heavy atom. The molecule has 5 heteroatoms. The normalized spacial score (nSPS) is 18.4. The lowest BCUT2D eigenvalue weighted by molar-refractivity contribution is -0.139. The van der Waals surface area contributed by atoms with E-state index in [0.29, 0.717) is 19.6 Å². The minimum atomic E-state index is -0.767. The monoisotopic (exact) mass is 210 g/mol. The highest BCUT2D eigenvalue weighted by Crippen LogP contribution is 2.17. The van der Waals surface area contributed by atoms with Crippen LogP contribution in [0.2, 0.25) is 0 Å². The standard InChI is InChI=1S/C10H14N2O3/c13-9(14)3-10(6-11-7-10)12-4-8-1-2-15-5-8/h1-2,5,11-12H,3-4,6-7H2,(H,13,14). The predicted octanol–water partition coefficient (Wildman–Crippen LogP) is 0.186. The fourth-order valence-electron chi connectivity index (χ4n) is 1.71. The first kappa shape index (κ1) is 10.2. The second kappa shape index (κ2) is 4.04. The van der Waals surface area contributed by atoms with Gasteiger partial charge < -0.3 is 20.2 Å². The maximum atomic E-state index is 10.7. The summed E-state index contributed by atoms with van der Waals surface area (Å²) in [5.41, 5.74) is 0.745. The van der Waals surface area contributed by atoms with Crippen molar-refractivity contribution in [3.63, 3.8) is 0 Å². The van der Waals surface area contributed by atoms with E-state index in [0.717, 1.165) is 5.56 Å². The summed E-state index contributed by atoms with van der Waals surface area (Å²) in [5, 5.41) is 15.1. The summed E-state index contributed by atoms with van der Waals surface area (Å²) in [6.45, 7) is 2.06. The summed E-state index contributed by atoms with van der Waals surface area (Å²) >= 11 is 0. The number of carboxylic acid groups (broad SMARTS) is 1. The Balaban J connectivity index is 1.88. The van der Waals surface area contributed by atoms with Crippen molar-refractivity contribution in [2.45, 2.75) is 18.5 Å². The summed E-state index contributed by atoms with van der Waals surface area (Å²) in [4.78, 5) is 10.7. The van der Waals surface area contributed by atoms with Crippen LogP contribution >= 0.6 is 0 Å². The van der Waals surface area contributed by atoms with E-state index >= 15 is 0 Å². The molecule has 0 aromatic carbocycles. The SMILES string of the molecule is O=C(O)CC1(NCc2ccoc2)CNC1. The molecule has 1 aliphatic heterocycles. The summed E-state index contributed by atoms with van der Waals surface area (Å²) in [5.74, 6) is -0.767. The Labute approximate surface area is 87.5 Å². The minimum Gasteiger partial charge on any atom is -0.481 e. The van der Waals surface area contributed by atoms with Gasteiger partial charge in [-0.05, 0) is 6.07 Å².